The lowest BCUT2D eigenvalue weighted by molar-refractivity contribution is -0.117. The van der Waals surface area contributed by atoms with Crippen molar-refractivity contribution in [3.63, 3.8) is 0 Å². The summed E-state index contributed by atoms with van der Waals surface area (Å²) in [6, 6.07) is 12.6. The van der Waals surface area contributed by atoms with Crippen LogP contribution in [0.3, 0.4) is 0 Å². The molecule has 0 saturated carbocycles. The number of aryl methyl sites for hydroxylation is 3. The highest BCUT2D eigenvalue weighted by atomic mass is 16.2. The van der Waals surface area contributed by atoms with E-state index in [9.17, 15) is 4.79 Å². The summed E-state index contributed by atoms with van der Waals surface area (Å²) in [6.45, 7) is 8.31. The summed E-state index contributed by atoms with van der Waals surface area (Å²) in [5.74, 6) is 0.0582. The second kappa shape index (κ2) is 5.93. The molecular weight excluding hydrogens is 272 g/mol. The van der Waals surface area contributed by atoms with Gasteiger partial charge in [0.05, 0.1) is 6.54 Å². The second-order valence-corrected chi connectivity index (χ2v) is 6.24. The standard InChI is InChI=1S/C19H22N2O/c1-13-8-14(2)19(15(3)9-13)20-18(22)12-21-10-16-6-4-5-7-17(16)11-21/h4-9H,10-12H2,1-3H3,(H,20,22). The highest BCUT2D eigenvalue weighted by Crippen LogP contribution is 2.24. The number of rotatable bonds is 3. The van der Waals surface area contributed by atoms with Crippen LogP contribution in [0, 0.1) is 20.8 Å². The molecule has 3 nitrogen and oxygen atoms in total. The molecule has 0 aromatic heterocycles. The zero-order chi connectivity index (χ0) is 15.7. The summed E-state index contributed by atoms with van der Waals surface area (Å²) in [7, 11) is 0. The minimum atomic E-state index is 0.0582. The van der Waals surface area contributed by atoms with Gasteiger partial charge in [-0.3, -0.25) is 9.69 Å². The third-order valence-electron chi connectivity index (χ3n) is 4.21. The Morgan fingerprint density at radius 3 is 2.14 bits per heavy atom. The molecule has 1 aliphatic heterocycles. The fraction of sp³-hybridized carbons (Fsp3) is 0.316. The maximum absolute atomic E-state index is 12.4. The van der Waals surface area contributed by atoms with Crippen LogP contribution < -0.4 is 5.32 Å². The molecule has 1 N–H and O–H groups in total. The normalized spacial score (nSPS) is 14.0. The van der Waals surface area contributed by atoms with Gasteiger partial charge in [0.25, 0.3) is 0 Å². The van der Waals surface area contributed by atoms with E-state index in [1.807, 2.05) is 13.8 Å². The molecule has 1 amide bonds. The van der Waals surface area contributed by atoms with Crippen molar-refractivity contribution in [1.29, 1.82) is 0 Å². The average Bonchev–Trinajstić information content (AvgIpc) is 2.84. The molecule has 0 aliphatic carbocycles. The predicted octanol–water partition coefficient (Wildman–Crippen LogP) is 3.57. The Kier molecular flexibility index (Phi) is 3.99. The van der Waals surface area contributed by atoms with Crippen LogP contribution in [-0.4, -0.2) is 17.4 Å². The summed E-state index contributed by atoms with van der Waals surface area (Å²) in [5, 5.41) is 3.08. The molecule has 2 aromatic carbocycles. The molecule has 0 bridgehead atoms. The van der Waals surface area contributed by atoms with Crippen LogP contribution >= 0.6 is 0 Å². The molecule has 0 spiro atoms. The fourth-order valence-corrected chi connectivity index (χ4v) is 3.27. The Morgan fingerprint density at radius 2 is 1.59 bits per heavy atom. The molecular formula is C19H22N2O. The first-order valence-corrected chi connectivity index (χ1v) is 7.70. The molecule has 0 unspecified atom stereocenters. The van der Waals surface area contributed by atoms with Gasteiger partial charge in [0.2, 0.25) is 5.91 Å². The number of nitrogens with zero attached hydrogens (tertiary/aromatic N) is 1. The minimum Gasteiger partial charge on any atom is -0.324 e. The van der Waals surface area contributed by atoms with Gasteiger partial charge in [-0.25, -0.2) is 0 Å². The van der Waals surface area contributed by atoms with Gasteiger partial charge in [-0.1, -0.05) is 42.0 Å². The van der Waals surface area contributed by atoms with E-state index in [0.29, 0.717) is 6.54 Å². The van der Waals surface area contributed by atoms with Crippen LogP contribution in [0.5, 0.6) is 0 Å². The number of fused-ring (bicyclic) bond motifs is 1. The lowest BCUT2D eigenvalue weighted by Crippen LogP contribution is -2.29. The van der Waals surface area contributed by atoms with Crippen molar-refractivity contribution in [3.8, 4) is 0 Å². The average molecular weight is 294 g/mol. The topological polar surface area (TPSA) is 32.3 Å². The van der Waals surface area contributed by atoms with E-state index in [1.165, 1.54) is 16.7 Å². The lowest BCUT2D eigenvalue weighted by atomic mass is 10.1. The van der Waals surface area contributed by atoms with Crippen LogP contribution in [0.1, 0.15) is 27.8 Å². The third kappa shape index (κ3) is 3.04. The van der Waals surface area contributed by atoms with Crippen molar-refractivity contribution in [2.75, 3.05) is 11.9 Å². The van der Waals surface area contributed by atoms with Crippen LogP contribution in [-0.2, 0) is 17.9 Å². The van der Waals surface area contributed by atoms with Crippen LogP contribution in [0.4, 0.5) is 5.69 Å². The van der Waals surface area contributed by atoms with Gasteiger partial charge in [0.1, 0.15) is 0 Å². The summed E-state index contributed by atoms with van der Waals surface area (Å²) in [4.78, 5) is 14.5. The van der Waals surface area contributed by atoms with Gasteiger partial charge in [0.15, 0.2) is 0 Å². The number of amides is 1. The quantitative estimate of drug-likeness (QED) is 0.938. The van der Waals surface area contributed by atoms with E-state index < -0.39 is 0 Å². The molecule has 0 atom stereocenters. The Hall–Kier alpha value is -2.13. The first-order chi connectivity index (χ1) is 10.5. The molecule has 3 rings (SSSR count). The highest BCUT2D eigenvalue weighted by molar-refractivity contribution is 5.93. The number of hydrogen-bond acceptors (Lipinski definition) is 2. The summed E-state index contributed by atoms with van der Waals surface area (Å²) in [5.41, 5.74) is 7.08. The Balaban J connectivity index is 1.65. The summed E-state index contributed by atoms with van der Waals surface area (Å²) in [6.07, 6.45) is 0. The van der Waals surface area contributed by atoms with Gasteiger partial charge < -0.3 is 5.32 Å². The first-order valence-electron chi connectivity index (χ1n) is 7.70. The minimum absolute atomic E-state index is 0.0582. The van der Waals surface area contributed by atoms with E-state index in [2.05, 4.69) is 53.5 Å². The van der Waals surface area contributed by atoms with Crippen LogP contribution in [0.25, 0.3) is 0 Å². The van der Waals surface area contributed by atoms with Crippen LogP contribution in [0.2, 0.25) is 0 Å². The van der Waals surface area contributed by atoms with Crippen molar-refractivity contribution < 1.29 is 4.79 Å². The number of nitrogens with one attached hydrogen (secondary N) is 1. The van der Waals surface area contributed by atoms with Gasteiger partial charge in [-0.2, -0.15) is 0 Å². The smallest absolute Gasteiger partial charge is 0.238 e. The molecule has 3 heteroatoms. The number of carbonyl (C=O) groups excluding carboxylic acids is 1. The molecule has 0 fully saturated rings. The van der Waals surface area contributed by atoms with E-state index >= 15 is 0 Å². The lowest BCUT2D eigenvalue weighted by Gasteiger charge is -2.17. The van der Waals surface area contributed by atoms with Crippen molar-refractivity contribution in [2.24, 2.45) is 0 Å². The molecule has 114 valence electrons. The van der Waals surface area contributed by atoms with Crippen molar-refractivity contribution in [3.05, 3.63) is 64.2 Å². The van der Waals surface area contributed by atoms with E-state index in [1.54, 1.807) is 0 Å². The second-order valence-electron chi connectivity index (χ2n) is 6.24. The molecule has 22 heavy (non-hydrogen) atoms. The Bertz CT molecular complexity index is 673. The molecule has 0 saturated heterocycles. The Morgan fingerprint density at radius 1 is 1.05 bits per heavy atom. The van der Waals surface area contributed by atoms with E-state index in [0.717, 1.165) is 29.9 Å². The van der Waals surface area contributed by atoms with Crippen molar-refractivity contribution >= 4 is 11.6 Å². The zero-order valence-electron chi connectivity index (χ0n) is 13.4. The van der Waals surface area contributed by atoms with Crippen molar-refractivity contribution in [1.82, 2.24) is 4.90 Å². The largest absolute Gasteiger partial charge is 0.324 e. The monoisotopic (exact) mass is 294 g/mol. The number of hydrogen-bond donors (Lipinski definition) is 1. The first kappa shape index (κ1) is 14.8. The number of anilines is 1. The molecule has 1 aliphatic rings. The highest BCUT2D eigenvalue weighted by Gasteiger charge is 2.20. The molecule has 2 aromatic rings. The van der Waals surface area contributed by atoms with Crippen LogP contribution in [0.15, 0.2) is 36.4 Å². The van der Waals surface area contributed by atoms with Gasteiger partial charge >= 0.3 is 0 Å². The zero-order valence-corrected chi connectivity index (χ0v) is 13.4. The molecule has 1 heterocycles. The van der Waals surface area contributed by atoms with Gasteiger partial charge in [-0.15, -0.1) is 0 Å². The van der Waals surface area contributed by atoms with Gasteiger partial charge in [-0.05, 0) is 43.0 Å². The molecule has 0 radical (unpaired) electrons. The van der Waals surface area contributed by atoms with Gasteiger partial charge in [0, 0.05) is 18.8 Å². The fourth-order valence-electron chi connectivity index (χ4n) is 3.27. The third-order valence-corrected chi connectivity index (χ3v) is 4.21. The predicted molar refractivity (Wildman–Crippen MR) is 89.8 cm³/mol. The van der Waals surface area contributed by atoms with E-state index in [4.69, 9.17) is 0 Å². The summed E-state index contributed by atoms with van der Waals surface area (Å²) >= 11 is 0. The number of carbonyl (C=O) groups is 1. The summed E-state index contributed by atoms with van der Waals surface area (Å²) < 4.78 is 0. The maximum atomic E-state index is 12.4. The number of benzene rings is 2. The maximum Gasteiger partial charge on any atom is 0.238 e. The van der Waals surface area contributed by atoms with Crippen molar-refractivity contribution in [2.45, 2.75) is 33.9 Å². The Labute approximate surface area is 132 Å². The SMILES string of the molecule is Cc1cc(C)c(NC(=O)CN2Cc3ccccc3C2)c(C)c1. The van der Waals surface area contributed by atoms with E-state index in [-0.39, 0.29) is 5.91 Å².